The number of hydrogen-bond donors (Lipinski definition) is 1. The second-order valence-corrected chi connectivity index (χ2v) is 9.54. The smallest absolute Gasteiger partial charge is 0.251 e. The molecule has 0 radical (unpaired) electrons. The Kier molecular flexibility index (Phi) is 6.70. The average Bonchev–Trinajstić information content (AvgIpc) is 3.13. The van der Waals surface area contributed by atoms with Crippen LogP contribution in [0.3, 0.4) is 0 Å². The molecule has 0 aromatic heterocycles. The van der Waals surface area contributed by atoms with E-state index in [0.717, 1.165) is 31.2 Å². The summed E-state index contributed by atoms with van der Waals surface area (Å²) in [5, 5.41) is 3.15. The van der Waals surface area contributed by atoms with Crippen molar-refractivity contribution in [1.82, 2.24) is 9.62 Å². The van der Waals surface area contributed by atoms with Crippen LogP contribution in [0.15, 0.2) is 24.3 Å². The maximum absolute atomic E-state index is 12.5. The van der Waals surface area contributed by atoms with E-state index in [4.69, 9.17) is 0 Å². The molecule has 1 aliphatic carbocycles. The third kappa shape index (κ3) is 5.30. The van der Waals surface area contributed by atoms with Crippen LogP contribution < -0.4 is 5.32 Å². The van der Waals surface area contributed by atoms with Gasteiger partial charge in [-0.2, -0.15) is 0 Å². The first kappa shape index (κ1) is 19.4. The lowest BCUT2D eigenvalue weighted by molar-refractivity contribution is 0.0930. The number of nitrogens with zero attached hydrogens (tertiary/aromatic N) is 1. The molecule has 26 heavy (non-hydrogen) atoms. The standard InChI is InChI=1S/C20H30N2O3S/c23-20(21-19-8-4-2-1-3-5-9-19)18-12-10-17(11-13-18)16-26(24,25)22-14-6-7-15-22/h10-13,19H,1-9,14-16H2,(H,21,23). The maximum atomic E-state index is 12.5. The highest BCUT2D eigenvalue weighted by Gasteiger charge is 2.25. The molecule has 1 heterocycles. The molecule has 0 spiro atoms. The van der Waals surface area contributed by atoms with Gasteiger partial charge in [0.1, 0.15) is 0 Å². The summed E-state index contributed by atoms with van der Waals surface area (Å²) in [7, 11) is -3.24. The molecular weight excluding hydrogens is 348 g/mol. The fourth-order valence-electron chi connectivity index (χ4n) is 3.89. The Balaban J connectivity index is 1.57. The van der Waals surface area contributed by atoms with Crippen molar-refractivity contribution in [3.05, 3.63) is 35.4 Å². The first-order valence-corrected chi connectivity index (χ1v) is 11.5. The van der Waals surface area contributed by atoms with E-state index in [1.165, 1.54) is 32.1 Å². The van der Waals surface area contributed by atoms with E-state index in [0.29, 0.717) is 18.7 Å². The molecule has 1 amide bonds. The number of hydrogen-bond acceptors (Lipinski definition) is 3. The van der Waals surface area contributed by atoms with Crippen LogP contribution in [0.4, 0.5) is 0 Å². The Morgan fingerprint density at radius 2 is 1.50 bits per heavy atom. The van der Waals surface area contributed by atoms with E-state index < -0.39 is 10.0 Å². The number of carbonyl (C=O) groups is 1. The molecule has 5 nitrogen and oxygen atoms in total. The molecule has 0 atom stereocenters. The third-order valence-electron chi connectivity index (χ3n) is 5.46. The van der Waals surface area contributed by atoms with Crippen LogP contribution in [-0.2, 0) is 15.8 Å². The zero-order valence-electron chi connectivity index (χ0n) is 15.5. The molecule has 6 heteroatoms. The van der Waals surface area contributed by atoms with Crippen molar-refractivity contribution in [2.75, 3.05) is 13.1 Å². The van der Waals surface area contributed by atoms with Crippen LogP contribution >= 0.6 is 0 Å². The van der Waals surface area contributed by atoms with Gasteiger partial charge in [-0.3, -0.25) is 4.79 Å². The highest BCUT2D eigenvalue weighted by Crippen LogP contribution is 2.19. The summed E-state index contributed by atoms with van der Waals surface area (Å²) in [4.78, 5) is 12.5. The first-order valence-electron chi connectivity index (χ1n) is 9.92. The summed E-state index contributed by atoms with van der Waals surface area (Å²) in [5.41, 5.74) is 1.34. The lowest BCUT2D eigenvalue weighted by Gasteiger charge is -2.21. The van der Waals surface area contributed by atoms with E-state index in [2.05, 4.69) is 5.32 Å². The van der Waals surface area contributed by atoms with Crippen LogP contribution in [0.5, 0.6) is 0 Å². The Morgan fingerprint density at radius 1 is 0.923 bits per heavy atom. The molecule has 1 saturated carbocycles. The summed E-state index contributed by atoms with van der Waals surface area (Å²) in [6.45, 7) is 1.26. The minimum Gasteiger partial charge on any atom is -0.349 e. The lowest BCUT2D eigenvalue weighted by atomic mass is 9.96. The zero-order valence-corrected chi connectivity index (χ0v) is 16.3. The number of benzene rings is 1. The fourth-order valence-corrected chi connectivity index (χ4v) is 5.50. The monoisotopic (exact) mass is 378 g/mol. The zero-order chi connectivity index (χ0) is 18.4. The van der Waals surface area contributed by atoms with Gasteiger partial charge in [0.15, 0.2) is 0 Å². The molecule has 2 fully saturated rings. The van der Waals surface area contributed by atoms with Crippen LogP contribution in [0.1, 0.15) is 73.7 Å². The van der Waals surface area contributed by atoms with Crippen molar-refractivity contribution >= 4 is 15.9 Å². The summed E-state index contributed by atoms with van der Waals surface area (Å²) in [6.07, 6.45) is 10.2. The Bertz CT molecular complexity index is 686. The largest absolute Gasteiger partial charge is 0.349 e. The van der Waals surface area contributed by atoms with Crippen molar-refractivity contribution in [1.29, 1.82) is 0 Å². The molecule has 3 rings (SSSR count). The average molecular weight is 379 g/mol. The van der Waals surface area contributed by atoms with Gasteiger partial charge in [-0.15, -0.1) is 0 Å². The van der Waals surface area contributed by atoms with Crippen molar-refractivity contribution in [3.63, 3.8) is 0 Å². The number of sulfonamides is 1. The summed E-state index contributed by atoms with van der Waals surface area (Å²) in [5.74, 6) is -0.0399. The molecule has 1 aromatic rings. The summed E-state index contributed by atoms with van der Waals surface area (Å²) in [6, 6.07) is 7.28. The number of carbonyl (C=O) groups excluding carboxylic acids is 1. The molecular formula is C20H30N2O3S. The van der Waals surface area contributed by atoms with Gasteiger partial charge in [-0.1, -0.05) is 44.2 Å². The van der Waals surface area contributed by atoms with Gasteiger partial charge in [0.25, 0.3) is 5.91 Å². The molecule has 1 aliphatic heterocycles. The van der Waals surface area contributed by atoms with Crippen LogP contribution in [0, 0.1) is 0 Å². The van der Waals surface area contributed by atoms with Crippen LogP contribution in [-0.4, -0.2) is 37.8 Å². The predicted octanol–water partition coefficient (Wildman–Crippen LogP) is 3.45. The van der Waals surface area contributed by atoms with Gasteiger partial charge in [0.05, 0.1) is 5.75 Å². The van der Waals surface area contributed by atoms with Crippen molar-refractivity contribution in [3.8, 4) is 0 Å². The first-order chi connectivity index (χ1) is 12.5. The Labute approximate surface area is 157 Å². The van der Waals surface area contributed by atoms with Crippen LogP contribution in [0.2, 0.25) is 0 Å². The van der Waals surface area contributed by atoms with E-state index in [-0.39, 0.29) is 17.7 Å². The summed E-state index contributed by atoms with van der Waals surface area (Å²) < 4.78 is 26.4. The van der Waals surface area contributed by atoms with Gasteiger partial charge < -0.3 is 5.32 Å². The number of rotatable bonds is 5. The van der Waals surface area contributed by atoms with E-state index >= 15 is 0 Å². The topological polar surface area (TPSA) is 66.5 Å². The molecule has 1 N–H and O–H groups in total. The molecule has 2 aliphatic rings. The summed E-state index contributed by atoms with van der Waals surface area (Å²) >= 11 is 0. The number of nitrogens with one attached hydrogen (secondary N) is 1. The van der Waals surface area contributed by atoms with Gasteiger partial charge in [-0.05, 0) is 43.4 Å². The van der Waals surface area contributed by atoms with Gasteiger partial charge in [0.2, 0.25) is 10.0 Å². The second kappa shape index (κ2) is 9.00. The quantitative estimate of drug-likeness (QED) is 0.853. The van der Waals surface area contributed by atoms with E-state index in [9.17, 15) is 13.2 Å². The molecule has 1 aromatic carbocycles. The van der Waals surface area contributed by atoms with Crippen LogP contribution in [0.25, 0.3) is 0 Å². The highest BCUT2D eigenvalue weighted by molar-refractivity contribution is 7.88. The molecule has 0 bridgehead atoms. The van der Waals surface area contributed by atoms with Crippen molar-refractivity contribution in [2.45, 2.75) is 69.6 Å². The van der Waals surface area contributed by atoms with Gasteiger partial charge in [0, 0.05) is 24.7 Å². The molecule has 0 unspecified atom stereocenters. The highest BCUT2D eigenvalue weighted by atomic mass is 32.2. The van der Waals surface area contributed by atoms with Crippen molar-refractivity contribution < 1.29 is 13.2 Å². The van der Waals surface area contributed by atoms with Gasteiger partial charge >= 0.3 is 0 Å². The van der Waals surface area contributed by atoms with Gasteiger partial charge in [-0.25, -0.2) is 12.7 Å². The van der Waals surface area contributed by atoms with E-state index in [1.807, 2.05) is 0 Å². The maximum Gasteiger partial charge on any atom is 0.251 e. The number of amides is 1. The molecule has 144 valence electrons. The Hall–Kier alpha value is -1.40. The minimum absolute atomic E-state index is 0.0114. The molecule has 1 saturated heterocycles. The Morgan fingerprint density at radius 3 is 2.12 bits per heavy atom. The third-order valence-corrected chi connectivity index (χ3v) is 7.31. The lowest BCUT2D eigenvalue weighted by Crippen LogP contribution is -2.35. The normalized spacial score (nSPS) is 20.5. The second-order valence-electron chi connectivity index (χ2n) is 7.57. The predicted molar refractivity (Wildman–Crippen MR) is 103 cm³/mol. The van der Waals surface area contributed by atoms with Crippen molar-refractivity contribution in [2.24, 2.45) is 0 Å². The van der Waals surface area contributed by atoms with E-state index in [1.54, 1.807) is 28.6 Å². The minimum atomic E-state index is -3.24. The fraction of sp³-hybridized carbons (Fsp3) is 0.650. The SMILES string of the molecule is O=C(NC1CCCCCCC1)c1ccc(CS(=O)(=O)N2CCCC2)cc1.